The molecular formula is C67H43NS. The first kappa shape index (κ1) is 39.7. The summed E-state index contributed by atoms with van der Waals surface area (Å²) in [7, 11) is 0. The Morgan fingerprint density at radius 1 is 0.246 bits per heavy atom. The van der Waals surface area contributed by atoms with Gasteiger partial charge in [0.05, 0.1) is 16.8 Å². The van der Waals surface area contributed by atoms with Crippen LogP contribution < -0.4 is 4.90 Å². The highest BCUT2D eigenvalue weighted by molar-refractivity contribution is 7.99. The van der Waals surface area contributed by atoms with Crippen LogP contribution in [0, 0.1) is 0 Å². The van der Waals surface area contributed by atoms with Crippen molar-refractivity contribution in [1.29, 1.82) is 0 Å². The number of hydrogen-bond donors (Lipinski definition) is 0. The molecule has 0 atom stereocenters. The van der Waals surface area contributed by atoms with Gasteiger partial charge in [-0.05, 0) is 155 Å². The highest BCUT2D eigenvalue weighted by atomic mass is 32.2. The Hall–Kier alpha value is -8.43. The van der Waals surface area contributed by atoms with Crippen LogP contribution in [0.1, 0.15) is 22.3 Å². The van der Waals surface area contributed by atoms with Gasteiger partial charge in [-0.3, -0.25) is 0 Å². The maximum absolute atomic E-state index is 2.51. The van der Waals surface area contributed by atoms with Gasteiger partial charge in [0.15, 0.2) is 0 Å². The molecule has 0 unspecified atom stereocenters. The Bertz CT molecular complexity index is 3750. The molecule has 0 aromatic heterocycles. The van der Waals surface area contributed by atoms with E-state index in [1.807, 2.05) is 11.8 Å². The van der Waals surface area contributed by atoms with E-state index in [2.05, 4.69) is 266 Å². The summed E-state index contributed by atoms with van der Waals surface area (Å²) in [6.07, 6.45) is 0. The molecule has 1 heterocycles. The summed E-state index contributed by atoms with van der Waals surface area (Å²) < 4.78 is 0. The number of anilines is 3. The summed E-state index contributed by atoms with van der Waals surface area (Å²) in [6, 6.07) is 96.8. The molecule has 322 valence electrons. The van der Waals surface area contributed by atoms with E-state index in [0.717, 1.165) is 5.69 Å². The quantitative estimate of drug-likeness (QED) is 0.164. The van der Waals surface area contributed by atoms with E-state index in [0.29, 0.717) is 0 Å². The molecule has 0 N–H and O–H groups in total. The maximum Gasteiger partial charge on any atom is 0.0725 e. The maximum atomic E-state index is 2.51. The fourth-order valence-corrected chi connectivity index (χ4v) is 12.7. The van der Waals surface area contributed by atoms with E-state index in [1.54, 1.807) is 0 Å². The largest absolute Gasteiger partial charge is 0.308 e. The van der Waals surface area contributed by atoms with Crippen molar-refractivity contribution in [2.75, 3.05) is 4.90 Å². The molecule has 0 saturated heterocycles. The van der Waals surface area contributed by atoms with Gasteiger partial charge in [0, 0.05) is 15.5 Å². The fourth-order valence-electron chi connectivity index (χ4n) is 11.5. The van der Waals surface area contributed by atoms with Crippen molar-refractivity contribution >= 4 is 28.8 Å². The molecule has 0 radical (unpaired) electrons. The Balaban J connectivity index is 0.922. The molecule has 3 aliphatic rings. The van der Waals surface area contributed by atoms with Crippen LogP contribution in [0.4, 0.5) is 17.1 Å². The predicted molar refractivity (Wildman–Crippen MR) is 289 cm³/mol. The molecule has 0 fully saturated rings. The van der Waals surface area contributed by atoms with Crippen molar-refractivity contribution in [2.45, 2.75) is 15.2 Å². The topological polar surface area (TPSA) is 3.24 Å². The van der Waals surface area contributed by atoms with Gasteiger partial charge < -0.3 is 4.90 Å². The van der Waals surface area contributed by atoms with Crippen LogP contribution in [0.5, 0.6) is 0 Å². The van der Waals surface area contributed by atoms with Gasteiger partial charge in [0.2, 0.25) is 0 Å². The first-order valence-electron chi connectivity index (χ1n) is 23.8. The van der Waals surface area contributed by atoms with Crippen LogP contribution in [0.3, 0.4) is 0 Å². The lowest BCUT2D eigenvalue weighted by atomic mass is 9.70. The van der Waals surface area contributed by atoms with E-state index < -0.39 is 5.41 Å². The van der Waals surface area contributed by atoms with Crippen molar-refractivity contribution in [2.24, 2.45) is 0 Å². The molecule has 11 aromatic carbocycles. The van der Waals surface area contributed by atoms with Gasteiger partial charge in [-0.25, -0.2) is 0 Å². The molecule has 14 rings (SSSR count). The van der Waals surface area contributed by atoms with Crippen LogP contribution in [0.15, 0.2) is 271 Å². The lowest BCUT2D eigenvalue weighted by Gasteiger charge is -2.34. The minimum Gasteiger partial charge on any atom is -0.308 e. The summed E-state index contributed by atoms with van der Waals surface area (Å²) in [5.74, 6) is 0. The Kier molecular flexibility index (Phi) is 9.12. The van der Waals surface area contributed by atoms with Crippen LogP contribution >= 0.6 is 11.8 Å². The second-order valence-corrected chi connectivity index (χ2v) is 19.5. The van der Waals surface area contributed by atoms with Gasteiger partial charge in [-0.2, -0.15) is 0 Å². The summed E-state index contributed by atoms with van der Waals surface area (Å²) >= 11 is 1.87. The molecular weight excluding hydrogens is 851 g/mol. The summed E-state index contributed by atoms with van der Waals surface area (Å²) in [6.45, 7) is 0. The number of nitrogens with zero attached hydrogens (tertiary/aromatic N) is 1. The third-order valence-electron chi connectivity index (χ3n) is 14.7. The van der Waals surface area contributed by atoms with Gasteiger partial charge in [-0.15, -0.1) is 0 Å². The normalized spacial score (nSPS) is 13.2. The molecule has 69 heavy (non-hydrogen) atoms. The Labute approximate surface area is 407 Å². The minimum atomic E-state index is -0.462. The fraction of sp³-hybridized carbons (Fsp3) is 0.0149. The van der Waals surface area contributed by atoms with E-state index in [-0.39, 0.29) is 0 Å². The molecule has 0 saturated carbocycles. The summed E-state index contributed by atoms with van der Waals surface area (Å²) in [5, 5.41) is 0. The number of hydrogen-bond acceptors (Lipinski definition) is 2. The number of fused-ring (bicyclic) bond motifs is 12. The zero-order valence-corrected chi connectivity index (χ0v) is 38.5. The standard InChI is InChI=1S/C67H43NS/c1-4-15-44(16-5-1)47-27-33-54(34-28-47)68-63-37-31-52(46-19-8-3-9-20-46)42-65(63)69-66-43-53(32-38-64(66)68)51-29-35-57-58-40-50(49-22-14-21-48(39-49)45-17-6-2-7-18-45)30-36-61(58)67(62(57)41-51)59-25-12-10-23-55(59)56-24-11-13-26-60(56)67/h1-43H. The molecule has 0 amide bonds. The summed E-state index contributed by atoms with van der Waals surface area (Å²) in [5.41, 5.74) is 25.8. The van der Waals surface area contributed by atoms with Crippen LogP contribution in [-0.4, -0.2) is 0 Å². The minimum absolute atomic E-state index is 0.462. The number of rotatable bonds is 6. The van der Waals surface area contributed by atoms with Gasteiger partial charge in [0.25, 0.3) is 0 Å². The van der Waals surface area contributed by atoms with E-state index in [1.165, 1.54) is 121 Å². The average Bonchev–Trinajstić information content (AvgIpc) is 3.89. The average molecular weight is 894 g/mol. The molecule has 1 nitrogen and oxygen atoms in total. The van der Waals surface area contributed by atoms with Gasteiger partial charge in [0.1, 0.15) is 0 Å². The second kappa shape index (κ2) is 15.8. The molecule has 11 aromatic rings. The highest BCUT2D eigenvalue weighted by Crippen LogP contribution is 2.64. The smallest absolute Gasteiger partial charge is 0.0725 e. The second-order valence-electron chi connectivity index (χ2n) is 18.4. The Morgan fingerprint density at radius 2 is 0.638 bits per heavy atom. The monoisotopic (exact) mass is 893 g/mol. The highest BCUT2D eigenvalue weighted by Gasteiger charge is 2.51. The lowest BCUT2D eigenvalue weighted by Crippen LogP contribution is -2.25. The van der Waals surface area contributed by atoms with E-state index in [9.17, 15) is 0 Å². The van der Waals surface area contributed by atoms with Crippen LogP contribution in [0.2, 0.25) is 0 Å². The zero-order valence-electron chi connectivity index (χ0n) is 37.7. The van der Waals surface area contributed by atoms with E-state index in [4.69, 9.17) is 0 Å². The third kappa shape index (κ3) is 6.26. The van der Waals surface area contributed by atoms with Gasteiger partial charge in [-0.1, -0.05) is 218 Å². The van der Waals surface area contributed by atoms with Crippen LogP contribution in [-0.2, 0) is 5.41 Å². The lowest BCUT2D eigenvalue weighted by molar-refractivity contribution is 0.794. The molecule has 2 aliphatic carbocycles. The van der Waals surface area contributed by atoms with Gasteiger partial charge >= 0.3 is 0 Å². The van der Waals surface area contributed by atoms with Crippen molar-refractivity contribution in [1.82, 2.24) is 0 Å². The molecule has 1 aliphatic heterocycles. The first-order chi connectivity index (χ1) is 34.2. The van der Waals surface area contributed by atoms with Crippen LogP contribution in [0.25, 0.3) is 77.9 Å². The molecule has 1 spiro atoms. The van der Waals surface area contributed by atoms with Crippen molar-refractivity contribution in [3.8, 4) is 77.9 Å². The van der Waals surface area contributed by atoms with Crippen molar-refractivity contribution in [3.63, 3.8) is 0 Å². The van der Waals surface area contributed by atoms with Crippen molar-refractivity contribution in [3.05, 3.63) is 283 Å². The third-order valence-corrected chi connectivity index (χ3v) is 15.8. The SMILES string of the molecule is c1ccc(-c2ccc(N3c4ccc(-c5ccccc5)cc4Sc4cc(-c5ccc6c(c5)C5(c7ccccc7-c7ccccc75)c5ccc(-c7cccc(-c8ccccc8)c7)cc5-6)ccc43)cc2)cc1. The molecule has 0 bridgehead atoms. The first-order valence-corrected chi connectivity index (χ1v) is 24.6. The Morgan fingerprint density at radius 3 is 1.25 bits per heavy atom. The predicted octanol–water partition coefficient (Wildman–Crippen LogP) is 18.3. The number of benzene rings is 11. The molecule has 2 heteroatoms. The van der Waals surface area contributed by atoms with E-state index >= 15 is 0 Å². The van der Waals surface area contributed by atoms with Crippen molar-refractivity contribution < 1.29 is 0 Å². The zero-order chi connectivity index (χ0) is 45.5. The summed E-state index contributed by atoms with van der Waals surface area (Å²) in [4.78, 5) is 4.91.